The van der Waals surface area contributed by atoms with E-state index >= 15 is 0 Å². The second-order valence-corrected chi connectivity index (χ2v) is 5.37. The molecule has 1 heterocycles. The molecule has 1 atom stereocenters. The maximum Gasteiger partial charge on any atom is 0.309 e. The molecule has 0 radical (unpaired) electrons. The molecule has 0 bridgehead atoms. The fourth-order valence-corrected chi connectivity index (χ4v) is 2.42. The number of Topliss-reactive ketones (excluding diaryl/α,β-unsaturated/α-hetero) is 1. The van der Waals surface area contributed by atoms with E-state index in [1.54, 1.807) is 0 Å². The average Bonchev–Trinajstić information content (AvgIpc) is 2.90. The first-order valence-electron chi connectivity index (χ1n) is 7.55. The van der Waals surface area contributed by atoms with Crippen LogP contribution in [0.5, 0.6) is 0 Å². The zero-order valence-corrected chi connectivity index (χ0v) is 12.3. The Bertz CT molecular complexity index is 455. The van der Waals surface area contributed by atoms with Crippen molar-refractivity contribution in [1.29, 1.82) is 0 Å². The molecule has 4 heteroatoms. The van der Waals surface area contributed by atoms with Crippen LogP contribution < -0.4 is 0 Å². The highest BCUT2D eigenvalue weighted by molar-refractivity contribution is 5.78. The highest BCUT2D eigenvalue weighted by Crippen LogP contribution is 2.20. The highest BCUT2D eigenvalue weighted by Gasteiger charge is 2.25. The van der Waals surface area contributed by atoms with Gasteiger partial charge in [-0.2, -0.15) is 0 Å². The van der Waals surface area contributed by atoms with E-state index in [0.717, 1.165) is 24.8 Å². The van der Waals surface area contributed by atoms with Crippen molar-refractivity contribution in [2.75, 3.05) is 13.2 Å². The van der Waals surface area contributed by atoms with Crippen molar-refractivity contribution in [3.05, 3.63) is 35.9 Å². The van der Waals surface area contributed by atoms with Crippen LogP contribution in [0, 0.1) is 5.92 Å². The monoisotopic (exact) mass is 290 g/mol. The SMILES string of the molecule is O=C(CCCC1CCOC1=O)CCOCc1ccccc1. The molecule has 0 aliphatic carbocycles. The summed E-state index contributed by atoms with van der Waals surface area (Å²) in [7, 11) is 0. The predicted octanol–water partition coefficient (Wildman–Crippen LogP) is 2.90. The molecule has 4 nitrogen and oxygen atoms in total. The van der Waals surface area contributed by atoms with E-state index in [1.165, 1.54) is 0 Å². The molecule has 0 amide bonds. The number of esters is 1. The summed E-state index contributed by atoms with van der Waals surface area (Å²) in [5, 5.41) is 0. The molecule has 1 aromatic carbocycles. The van der Waals surface area contributed by atoms with Gasteiger partial charge < -0.3 is 9.47 Å². The molecule has 1 fully saturated rings. The number of carbonyl (C=O) groups excluding carboxylic acids is 2. The lowest BCUT2D eigenvalue weighted by Crippen LogP contribution is -2.09. The minimum absolute atomic E-state index is 0.00660. The number of rotatable bonds is 9. The van der Waals surface area contributed by atoms with Gasteiger partial charge in [0.2, 0.25) is 0 Å². The van der Waals surface area contributed by atoms with E-state index in [0.29, 0.717) is 32.7 Å². The smallest absolute Gasteiger partial charge is 0.309 e. The van der Waals surface area contributed by atoms with Crippen LogP contribution in [-0.4, -0.2) is 25.0 Å². The Labute approximate surface area is 125 Å². The minimum Gasteiger partial charge on any atom is -0.465 e. The molecule has 1 saturated heterocycles. The summed E-state index contributed by atoms with van der Waals surface area (Å²) >= 11 is 0. The molecule has 0 aromatic heterocycles. The first-order valence-corrected chi connectivity index (χ1v) is 7.55. The van der Waals surface area contributed by atoms with Crippen LogP contribution in [0.4, 0.5) is 0 Å². The number of hydrogen-bond acceptors (Lipinski definition) is 4. The molecule has 2 rings (SSSR count). The summed E-state index contributed by atoms with van der Waals surface area (Å²) in [6.07, 6.45) is 3.29. The fourth-order valence-electron chi connectivity index (χ4n) is 2.42. The zero-order valence-electron chi connectivity index (χ0n) is 12.3. The first kappa shape index (κ1) is 15.7. The van der Waals surface area contributed by atoms with E-state index < -0.39 is 0 Å². The van der Waals surface area contributed by atoms with Gasteiger partial charge in [-0.15, -0.1) is 0 Å². The molecule has 0 spiro atoms. The quantitative estimate of drug-likeness (QED) is 0.518. The van der Waals surface area contributed by atoms with E-state index in [1.807, 2.05) is 30.3 Å². The second kappa shape index (κ2) is 8.57. The number of ketones is 1. The number of carbonyl (C=O) groups is 2. The largest absolute Gasteiger partial charge is 0.465 e. The van der Waals surface area contributed by atoms with Gasteiger partial charge in [0.25, 0.3) is 0 Å². The van der Waals surface area contributed by atoms with E-state index in [2.05, 4.69) is 0 Å². The molecule has 1 aliphatic heterocycles. The van der Waals surface area contributed by atoms with E-state index in [-0.39, 0.29) is 17.7 Å². The molecule has 0 N–H and O–H groups in total. The lowest BCUT2D eigenvalue weighted by atomic mass is 9.99. The first-order chi connectivity index (χ1) is 10.3. The predicted molar refractivity (Wildman–Crippen MR) is 78.6 cm³/mol. The van der Waals surface area contributed by atoms with Gasteiger partial charge in [0.05, 0.1) is 25.7 Å². The molecular formula is C17H22O4. The van der Waals surface area contributed by atoms with Crippen molar-refractivity contribution in [1.82, 2.24) is 0 Å². The van der Waals surface area contributed by atoms with Crippen LogP contribution in [0.25, 0.3) is 0 Å². The molecule has 21 heavy (non-hydrogen) atoms. The van der Waals surface area contributed by atoms with Crippen LogP contribution in [-0.2, 0) is 25.7 Å². The van der Waals surface area contributed by atoms with Crippen LogP contribution >= 0.6 is 0 Å². The average molecular weight is 290 g/mol. The summed E-state index contributed by atoms with van der Waals surface area (Å²) in [4.78, 5) is 23.0. The van der Waals surface area contributed by atoms with Crippen LogP contribution in [0.15, 0.2) is 30.3 Å². The lowest BCUT2D eigenvalue weighted by molar-refractivity contribution is -0.141. The van der Waals surface area contributed by atoms with Gasteiger partial charge in [0.1, 0.15) is 5.78 Å². The number of hydrogen-bond donors (Lipinski definition) is 0. The highest BCUT2D eigenvalue weighted by atomic mass is 16.5. The van der Waals surface area contributed by atoms with Crippen molar-refractivity contribution < 1.29 is 19.1 Å². The summed E-state index contributed by atoms with van der Waals surface area (Å²) in [5.74, 6) is 0.107. The summed E-state index contributed by atoms with van der Waals surface area (Å²) in [6.45, 7) is 1.53. The van der Waals surface area contributed by atoms with Crippen molar-refractivity contribution in [2.45, 2.75) is 38.7 Å². The Kier molecular flexibility index (Phi) is 6.41. The number of cyclic esters (lactones) is 1. The Balaban J connectivity index is 1.50. The summed E-state index contributed by atoms with van der Waals surface area (Å²) in [5.41, 5.74) is 1.12. The topological polar surface area (TPSA) is 52.6 Å². The van der Waals surface area contributed by atoms with Gasteiger partial charge in [-0.3, -0.25) is 9.59 Å². The molecule has 114 valence electrons. The Hall–Kier alpha value is -1.68. The Morgan fingerprint density at radius 3 is 2.76 bits per heavy atom. The van der Waals surface area contributed by atoms with Gasteiger partial charge in [-0.1, -0.05) is 30.3 Å². The third-order valence-electron chi connectivity index (χ3n) is 3.69. The van der Waals surface area contributed by atoms with Crippen molar-refractivity contribution >= 4 is 11.8 Å². The third kappa shape index (κ3) is 5.68. The maximum absolute atomic E-state index is 11.7. The standard InChI is InChI=1S/C17H22O4/c18-16(8-4-7-15-9-12-21-17(15)19)10-11-20-13-14-5-2-1-3-6-14/h1-3,5-6,15H,4,7-13H2. The summed E-state index contributed by atoms with van der Waals surface area (Å²) in [6, 6.07) is 9.91. The van der Waals surface area contributed by atoms with Crippen LogP contribution in [0.3, 0.4) is 0 Å². The molecule has 1 unspecified atom stereocenters. The van der Waals surface area contributed by atoms with Gasteiger partial charge in [-0.05, 0) is 24.8 Å². The van der Waals surface area contributed by atoms with E-state index in [4.69, 9.17) is 9.47 Å². The van der Waals surface area contributed by atoms with Gasteiger partial charge in [0.15, 0.2) is 0 Å². The van der Waals surface area contributed by atoms with Crippen molar-refractivity contribution in [3.8, 4) is 0 Å². The second-order valence-electron chi connectivity index (χ2n) is 5.37. The van der Waals surface area contributed by atoms with Crippen LogP contribution in [0.2, 0.25) is 0 Å². The summed E-state index contributed by atoms with van der Waals surface area (Å²) < 4.78 is 10.4. The Morgan fingerprint density at radius 1 is 1.24 bits per heavy atom. The van der Waals surface area contributed by atoms with Crippen molar-refractivity contribution in [2.24, 2.45) is 5.92 Å². The lowest BCUT2D eigenvalue weighted by Gasteiger charge is -2.06. The van der Waals surface area contributed by atoms with Gasteiger partial charge in [0, 0.05) is 12.8 Å². The van der Waals surface area contributed by atoms with Gasteiger partial charge >= 0.3 is 5.97 Å². The third-order valence-corrected chi connectivity index (χ3v) is 3.69. The molecular weight excluding hydrogens is 268 g/mol. The number of benzene rings is 1. The molecule has 1 aromatic rings. The minimum atomic E-state index is -0.103. The molecule has 1 aliphatic rings. The van der Waals surface area contributed by atoms with Crippen molar-refractivity contribution in [3.63, 3.8) is 0 Å². The maximum atomic E-state index is 11.7. The normalized spacial score (nSPS) is 17.7. The number of ether oxygens (including phenoxy) is 2. The van der Waals surface area contributed by atoms with Crippen LogP contribution in [0.1, 0.15) is 37.7 Å². The zero-order chi connectivity index (χ0) is 14.9. The van der Waals surface area contributed by atoms with E-state index in [9.17, 15) is 9.59 Å². The Morgan fingerprint density at radius 2 is 2.05 bits per heavy atom. The van der Waals surface area contributed by atoms with Gasteiger partial charge in [-0.25, -0.2) is 0 Å². The fraction of sp³-hybridized carbons (Fsp3) is 0.529. The molecule has 0 saturated carbocycles.